The smallest absolute Gasteiger partial charge is 0.259 e. The molecule has 3 heterocycles. The number of carbonyl (C=O) groups is 3. The number of rotatable bonds is 6. The molecule has 0 bridgehead atoms. The van der Waals surface area contributed by atoms with Crippen LogP contribution in [0.5, 0.6) is 0 Å². The van der Waals surface area contributed by atoms with E-state index in [1.165, 1.54) is 23.6 Å². The largest absolute Gasteiger partial charge is 0.467 e. The van der Waals surface area contributed by atoms with Crippen LogP contribution in [0.25, 0.3) is 0 Å². The van der Waals surface area contributed by atoms with Gasteiger partial charge in [-0.05, 0) is 45.0 Å². The molecule has 0 aliphatic carbocycles. The molecule has 0 radical (unpaired) electrons. The number of pyridine rings is 1. The Bertz CT molecular complexity index is 1280. The number of carbonyl (C=O) groups excluding carboxylic acids is 3. The molecule has 1 aromatic carbocycles. The molecule has 1 atom stereocenters. The SMILES string of the molecule is CC(NC(=O)c1cn(C(C)C)cc(C(=O)N2CCN(c3ccccc3)C(=O)C2)c1=O)c1ccco1. The van der Waals surface area contributed by atoms with Crippen LogP contribution in [0, 0.1) is 0 Å². The van der Waals surface area contributed by atoms with Gasteiger partial charge in [-0.1, -0.05) is 18.2 Å². The molecule has 1 N–H and O–H groups in total. The van der Waals surface area contributed by atoms with E-state index >= 15 is 0 Å². The highest BCUT2D eigenvalue weighted by Gasteiger charge is 2.31. The Kier molecular flexibility index (Phi) is 6.86. The third-order valence-corrected chi connectivity index (χ3v) is 6.01. The lowest BCUT2D eigenvalue weighted by atomic mass is 10.1. The Morgan fingerprint density at radius 2 is 1.66 bits per heavy atom. The highest BCUT2D eigenvalue weighted by Crippen LogP contribution is 2.18. The van der Waals surface area contributed by atoms with Gasteiger partial charge < -0.3 is 24.1 Å². The van der Waals surface area contributed by atoms with Gasteiger partial charge in [0.1, 0.15) is 23.4 Å². The zero-order valence-corrected chi connectivity index (χ0v) is 19.9. The second-order valence-electron chi connectivity index (χ2n) is 8.77. The summed E-state index contributed by atoms with van der Waals surface area (Å²) in [7, 11) is 0. The molecule has 9 heteroatoms. The first-order valence-electron chi connectivity index (χ1n) is 11.5. The van der Waals surface area contributed by atoms with Crippen molar-refractivity contribution in [3.8, 4) is 0 Å². The number of nitrogens with one attached hydrogen (secondary N) is 1. The van der Waals surface area contributed by atoms with Gasteiger partial charge in [-0.2, -0.15) is 0 Å². The van der Waals surface area contributed by atoms with E-state index in [0.717, 1.165) is 5.69 Å². The van der Waals surface area contributed by atoms with E-state index in [2.05, 4.69) is 5.32 Å². The van der Waals surface area contributed by atoms with Gasteiger partial charge >= 0.3 is 0 Å². The number of amides is 3. The van der Waals surface area contributed by atoms with Crippen molar-refractivity contribution in [2.45, 2.75) is 32.9 Å². The molecule has 3 aromatic rings. The number of furan rings is 1. The summed E-state index contributed by atoms with van der Waals surface area (Å²) in [5, 5.41) is 2.75. The first-order chi connectivity index (χ1) is 16.8. The van der Waals surface area contributed by atoms with Crippen molar-refractivity contribution in [3.05, 3.63) is 88.2 Å². The molecule has 0 spiro atoms. The Hall–Kier alpha value is -4.14. The van der Waals surface area contributed by atoms with Gasteiger partial charge in [0.2, 0.25) is 11.3 Å². The van der Waals surface area contributed by atoms with Gasteiger partial charge in [0.25, 0.3) is 11.8 Å². The molecule has 1 unspecified atom stereocenters. The molecule has 3 amide bonds. The average Bonchev–Trinajstić information content (AvgIpc) is 3.39. The molecule has 182 valence electrons. The molecule has 9 nitrogen and oxygen atoms in total. The molecule has 1 saturated heterocycles. The molecule has 1 aliphatic rings. The lowest BCUT2D eigenvalue weighted by Gasteiger charge is -2.34. The number of nitrogens with zero attached hydrogens (tertiary/aromatic N) is 3. The van der Waals surface area contributed by atoms with Crippen LogP contribution < -0.4 is 15.6 Å². The first-order valence-corrected chi connectivity index (χ1v) is 11.5. The van der Waals surface area contributed by atoms with Crippen molar-refractivity contribution in [1.82, 2.24) is 14.8 Å². The molecular weight excluding hydrogens is 448 g/mol. The fourth-order valence-electron chi connectivity index (χ4n) is 3.99. The van der Waals surface area contributed by atoms with Crippen LogP contribution in [-0.4, -0.2) is 46.8 Å². The average molecular weight is 477 g/mol. The van der Waals surface area contributed by atoms with E-state index in [-0.39, 0.29) is 36.2 Å². The minimum atomic E-state index is -0.672. The summed E-state index contributed by atoms with van der Waals surface area (Å²) in [6.45, 7) is 5.94. The van der Waals surface area contributed by atoms with Crippen LogP contribution in [0.2, 0.25) is 0 Å². The summed E-state index contributed by atoms with van der Waals surface area (Å²) >= 11 is 0. The van der Waals surface area contributed by atoms with Crippen LogP contribution >= 0.6 is 0 Å². The molecule has 0 saturated carbocycles. The fraction of sp³-hybridized carbons (Fsp3) is 0.308. The molecular formula is C26H28N4O5. The van der Waals surface area contributed by atoms with E-state index < -0.39 is 23.3 Å². The maximum absolute atomic E-state index is 13.4. The number of anilines is 1. The Balaban J connectivity index is 1.59. The number of hydrogen-bond acceptors (Lipinski definition) is 5. The number of piperazine rings is 1. The number of aromatic nitrogens is 1. The van der Waals surface area contributed by atoms with E-state index in [4.69, 9.17) is 4.42 Å². The topological polar surface area (TPSA) is 105 Å². The van der Waals surface area contributed by atoms with Crippen molar-refractivity contribution in [3.63, 3.8) is 0 Å². The van der Waals surface area contributed by atoms with Gasteiger partial charge in [-0.15, -0.1) is 0 Å². The summed E-state index contributed by atoms with van der Waals surface area (Å²) in [4.78, 5) is 55.4. The minimum Gasteiger partial charge on any atom is -0.467 e. The van der Waals surface area contributed by atoms with E-state index in [0.29, 0.717) is 12.3 Å². The summed E-state index contributed by atoms with van der Waals surface area (Å²) in [6.07, 6.45) is 4.41. The number of benzene rings is 1. The van der Waals surface area contributed by atoms with Gasteiger partial charge in [0.15, 0.2) is 0 Å². The lowest BCUT2D eigenvalue weighted by Crippen LogP contribution is -2.53. The molecule has 35 heavy (non-hydrogen) atoms. The van der Waals surface area contributed by atoms with E-state index in [1.807, 2.05) is 44.2 Å². The summed E-state index contributed by atoms with van der Waals surface area (Å²) < 4.78 is 6.98. The Morgan fingerprint density at radius 1 is 0.943 bits per heavy atom. The van der Waals surface area contributed by atoms with E-state index in [1.54, 1.807) is 28.5 Å². The van der Waals surface area contributed by atoms with Crippen molar-refractivity contribution in [1.29, 1.82) is 0 Å². The highest BCUT2D eigenvalue weighted by atomic mass is 16.3. The number of para-hydroxylation sites is 1. The lowest BCUT2D eigenvalue weighted by molar-refractivity contribution is -0.120. The second-order valence-corrected chi connectivity index (χ2v) is 8.77. The zero-order chi connectivity index (χ0) is 25.1. The van der Waals surface area contributed by atoms with Crippen LogP contribution in [0.1, 0.15) is 59.3 Å². The quantitative estimate of drug-likeness (QED) is 0.589. The predicted octanol–water partition coefficient (Wildman–Crippen LogP) is 3.00. The molecule has 1 aliphatic heterocycles. The molecule has 4 rings (SSSR count). The first kappa shape index (κ1) is 24.0. The third kappa shape index (κ3) is 5.03. The monoisotopic (exact) mass is 476 g/mol. The second kappa shape index (κ2) is 10.0. The highest BCUT2D eigenvalue weighted by molar-refractivity contribution is 6.03. The van der Waals surface area contributed by atoms with E-state index in [9.17, 15) is 19.2 Å². The van der Waals surface area contributed by atoms with Crippen LogP contribution in [-0.2, 0) is 4.79 Å². The van der Waals surface area contributed by atoms with Gasteiger partial charge in [0, 0.05) is 37.2 Å². The van der Waals surface area contributed by atoms with Crippen LogP contribution in [0.15, 0.2) is 70.3 Å². The fourth-order valence-corrected chi connectivity index (χ4v) is 3.99. The van der Waals surface area contributed by atoms with Crippen LogP contribution in [0.4, 0.5) is 5.69 Å². The number of hydrogen-bond donors (Lipinski definition) is 1. The van der Waals surface area contributed by atoms with Gasteiger partial charge in [0.05, 0.1) is 12.3 Å². The van der Waals surface area contributed by atoms with Crippen LogP contribution in [0.3, 0.4) is 0 Å². The molecule has 1 fully saturated rings. The van der Waals surface area contributed by atoms with Crippen molar-refractivity contribution in [2.24, 2.45) is 0 Å². The zero-order valence-electron chi connectivity index (χ0n) is 19.9. The van der Waals surface area contributed by atoms with Gasteiger partial charge in [-0.25, -0.2) is 0 Å². The van der Waals surface area contributed by atoms with Gasteiger partial charge in [-0.3, -0.25) is 19.2 Å². The Labute approximate surface area is 202 Å². The maximum atomic E-state index is 13.4. The normalized spacial score (nSPS) is 14.8. The minimum absolute atomic E-state index is 0.104. The maximum Gasteiger partial charge on any atom is 0.259 e. The third-order valence-electron chi connectivity index (χ3n) is 6.01. The molecule has 2 aromatic heterocycles. The van der Waals surface area contributed by atoms with Crippen molar-refractivity contribution < 1.29 is 18.8 Å². The standard InChI is InChI=1S/C26H28N4O5/c1-17(2)29-14-20(25(33)27-18(3)22-10-7-13-35-22)24(32)21(15-29)26(34)28-11-12-30(23(31)16-28)19-8-5-4-6-9-19/h4-10,13-15,17-18H,11-12,16H2,1-3H3,(H,27,33). The summed E-state index contributed by atoms with van der Waals surface area (Å²) in [5.74, 6) is -0.863. The van der Waals surface area contributed by atoms with Crippen molar-refractivity contribution in [2.75, 3.05) is 24.5 Å². The summed E-state index contributed by atoms with van der Waals surface area (Å²) in [5.41, 5.74) is -0.194. The van der Waals surface area contributed by atoms with Crippen molar-refractivity contribution >= 4 is 23.4 Å². The summed E-state index contributed by atoms with van der Waals surface area (Å²) in [6, 6.07) is 12.1. The Morgan fingerprint density at radius 3 is 2.29 bits per heavy atom. The predicted molar refractivity (Wildman–Crippen MR) is 130 cm³/mol.